The molecule has 0 heterocycles. The van der Waals surface area contributed by atoms with Crippen molar-refractivity contribution < 1.29 is 74.5 Å². The van der Waals surface area contributed by atoms with Gasteiger partial charge in [0.25, 0.3) is 0 Å². The number of ether oxygens (including phenoxy) is 4. The molecule has 0 aliphatic rings. The molecular weight excluding hydrogens is 1660 g/mol. The van der Waals surface area contributed by atoms with Crippen LogP contribution in [0.1, 0.15) is 403 Å². The predicted octanol–water partition coefficient (Wildman–Crippen LogP) is 27.4. The Balaban J connectivity index is 0.000000921. The lowest BCUT2D eigenvalue weighted by molar-refractivity contribution is -0.120. The molecule has 16 nitrogen and oxygen atoms in total. The highest BCUT2D eigenvalue weighted by Gasteiger charge is 2.34. The second-order valence-corrected chi connectivity index (χ2v) is 38.9. The Labute approximate surface area is 808 Å². The van der Waals surface area contributed by atoms with Crippen molar-refractivity contribution in [3.8, 4) is 12.3 Å². The molecule has 6 aromatic rings. The average molecular weight is 1850 g/mol. The van der Waals surface area contributed by atoms with Crippen LogP contribution in [0.5, 0.6) is 0 Å². The molecule has 1 unspecified atom stereocenters. The third kappa shape index (κ3) is 54.1. The summed E-state index contributed by atoms with van der Waals surface area (Å²) in [4.78, 5) is 26.9. The molecule has 0 saturated carbocycles. The zero-order valence-corrected chi connectivity index (χ0v) is 81.7. The molecular formula is C117H191NO15. The van der Waals surface area contributed by atoms with E-state index in [1.54, 1.807) is 0 Å². The normalized spacial score (nSPS) is 12.3. The summed E-state index contributed by atoms with van der Waals surface area (Å²) >= 11 is 0. The van der Waals surface area contributed by atoms with Crippen molar-refractivity contribution in [3.63, 3.8) is 0 Å². The van der Waals surface area contributed by atoms with Crippen LogP contribution in [0.3, 0.4) is 0 Å². The number of carbonyl (C=O) groups excluding carboxylic acids is 2. The van der Waals surface area contributed by atoms with Crippen LogP contribution in [0.4, 0.5) is 4.79 Å². The summed E-state index contributed by atoms with van der Waals surface area (Å²) in [5.74, 6) is 3.23. The zero-order valence-electron chi connectivity index (χ0n) is 81.7. The van der Waals surface area contributed by atoms with E-state index in [1.807, 2.05) is 42.5 Å². The number of hydrogen-bond donors (Lipinski definition) is 10. The quantitative estimate of drug-likeness (QED) is 0.00967. The van der Waals surface area contributed by atoms with Gasteiger partial charge < -0.3 is 70.2 Å². The number of Topliss-reactive ketones (excluding diaryl/α,β-unsaturated/α-hetero) is 1. The second kappa shape index (κ2) is 78.7. The number of ketones is 1. The molecule has 133 heavy (non-hydrogen) atoms. The van der Waals surface area contributed by atoms with E-state index in [2.05, 4.69) is 114 Å². The fourth-order valence-electron chi connectivity index (χ4n) is 21.2. The molecule has 0 bridgehead atoms. The number of carbonyl (C=O) groups is 2. The molecule has 0 saturated heterocycles. The van der Waals surface area contributed by atoms with Crippen molar-refractivity contribution in [1.82, 2.24) is 5.32 Å². The summed E-state index contributed by atoms with van der Waals surface area (Å²) in [6.45, 7) is 6.56. The van der Waals surface area contributed by atoms with Crippen LogP contribution < -0.4 is 5.32 Å². The van der Waals surface area contributed by atoms with Gasteiger partial charge in [0.15, 0.2) is 0 Å². The topological polar surface area (TPSA) is 265 Å². The number of terminal acetylenes is 1. The van der Waals surface area contributed by atoms with E-state index in [0.717, 1.165) is 362 Å². The van der Waals surface area contributed by atoms with Crippen molar-refractivity contribution in [2.75, 3.05) is 85.8 Å². The number of nitrogens with one attached hydrogen (secondary N) is 1. The van der Waals surface area contributed by atoms with Gasteiger partial charge in [-0.3, -0.25) is 4.79 Å². The van der Waals surface area contributed by atoms with Gasteiger partial charge in [0.1, 0.15) is 12.4 Å². The Hall–Kier alpha value is -6.14. The summed E-state index contributed by atoms with van der Waals surface area (Å²) < 4.78 is 23.9. The first-order valence-electron chi connectivity index (χ1n) is 52.4. The largest absolute Gasteiger partial charge is 0.445 e. The molecule has 16 heteroatoms. The molecule has 1 atom stereocenters. The first-order chi connectivity index (χ1) is 64.3. The first-order valence-corrected chi connectivity index (χ1v) is 52.4. The van der Waals surface area contributed by atoms with Gasteiger partial charge in [-0.05, 0) is 290 Å². The maximum absolute atomic E-state index is 14.0. The van der Waals surface area contributed by atoms with E-state index in [4.69, 9.17) is 25.4 Å². The Morgan fingerprint density at radius 2 is 0.549 bits per heavy atom. The Kier molecular flexibility index (Phi) is 71.6. The van der Waals surface area contributed by atoms with Crippen molar-refractivity contribution in [2.24, 2.45) is 27.1 Å². The summed E-state index contributed by atoms with van der Waals surface area (Å²) in [5, 5.41) is 95.3. The van der Waals surface area contributed by atoms with E-state index in [1.165, 1.54) is 55.2 Å². The average Bonchev–Trinajstić information content (AvgIpc) is 0.775. The van der Waals surface area contributed by atoms with E-state index in [-0.39, 0.29) is 108 Å². The van der Waals surface area contributed by atoms with Gasteiger partial charge in [0.2, 0.25) is 0 Å². The van der Waals surface area contributed by atoms with Crippen molar-refractivity contribution in [3.05, 3.63) is 168 Å². The van der Waals surface area contributed by atoms with Crippen LogP contribution in [0.2, 0.25) is 0 Å². The highest BCUT2D eigenvalue weighted by Crippen LogP contribution is 2.46. The molecule has 0 aromatic heterocycles. The molecule has 0 aliphatic heterocycles. The van der Waals surface area contributed by atoms with Gasteiger partial charge in [-0.2, -0.15) is 0 Å². The molecule has 6 rings (SSSR count). The van der Waals surface area contributed by atoms with E-state index in [9.17, 15) is 55.5 Å². The standard InChI is InChI=1S/C79H137NO12.C36H46O3.2CH4/c81-58-27-47-76(48-28-59-82,49-29-60-83)41-20-8-1-2-9-22-43-78(44-23-10-3-4-11-25-46-79(56-66-89,53-33-64-87)54-34-65-88,45-24-13-6-12-21-42-77(50-30-61-84,51-31-62-85)52-32-63-86)55-40-71(90)37-15-7-5-14-26-57-80-75(91)92-68-74-72-38-18-16-35-69(72)67-70-36-17-19-39-73(70)74;1-2-3-13-23-36(24-14-27-37-30-33-17-7-4-8-18-33,25-15-28-38-31-34-19-9-5-10-20-34)26-16-29-39-32-35-21-11-6-12-22-35;;/h16-19,35-36,38-39,67,81-89H,1-15,20-34,37,40-66,68H2,(H,80,91);1,4-12,17-22H,3,13-16,23-32H2;2*1H4. The van der Waals surface area contributed by atoms with Crippen LogP contribution in [-0.4, -0.2) is 144 Å². The Bertz CT molecular complexity index is 3520. The summed E-state index contributed by atoms with van der Waals surface area (Å²) in [6, 6.07) is 49.9. The molecule has 0 radical (unpaired) electrons. The third-order valence-corrected chi connectivity index (χ3v) is 28.7. The Morgan fingerprint density at radius 1 is 0.278 bits per heavy atom. The second-order valence-electron chi connectivity index (χ2n) is 38.9. The molecule has 0 spiro atoms. The van der Waals surface area contributed by atoms with Crippen molar-refractivity contribution in [2.45, 2.75) is 407 Å². The maximum atomic E-state index is 14.0. The fraction of sp³-hybridized carbons (Fsp3) is 0.692. The van der Waals surface area contributed by atoms with Crippen molar-refractivity contribution >= 4 is 33.4 Å². The van der Waals surface area contributed by atoms with Gasteiger partial charge in [-0.1, -0.05) is 283 Å². The monoisotopic (exact) mass is 1850 g/mol. The minimum absolute atomic E-state index is 0. The van der Waals surface area contributed by atoms with Crippen LogP contribution in [0.25, 0.3) is 21.5 Å². The summed E-state index contributed by atoms with van der Waals surface area (Å²) in [5.41, 5.74) is 5.13. The number of fused-ring (bicyclic) bond motifs is 2. The summed E-state index contributed by atoms with van der Waals surface area (Å²) in [7, 11) is 0. The smallest absolute Gasteiger partial charge is 0.407 e. The maximum Gasteiger partial charge on any atom is 0.407 e. The van der Waals surface area contributed by atoms with Gasteiger partial charge in [-0.15, -0.1) is 12.3 Å². The molecule has 0 aliphatic carbocycles. The fourth-order valence-corrected chi connectivity index (χ4v) is 21.2. The SMILES string of the molecule is C.C.C#CCCCC(CCCOCc1ccccc1)(CCCOCc1ccccc1)CCCOCc1ccccc1.O=C(CCCCCCCNC(=O)OCc1c2ccccc2cc2ccccc12)CCC(CCCCCCCCC(CCO)(CCCO)CCCO)(CCCCCCCCC(CCCO)(CCCO)CCCO)CCCCCCCC(CCCO)(CCCO)CCCO. The molecule has 6 aromatic carbocycles. The summed E-state index contributed by atoms with van der Waals surface area (Å²) in [6.07, 6.45) is 62.1. The predicted molar refractivity (Wildman–Crippen MR) is 554 cm³/mol. The lowest BCUT2D eigenvalue weighted by atomic mass is 9.70. The van der Waals surface area contributed by atoms with E-state index < -0.39 is 6.09 Å². The van der Waals surface area contributed by atoms with Crippen LogP contribution in [-0.2, 0) is 50.2 Å². The number of rotatable bonds is 86. The van der Waals surface area contributed by atoms with Crippen LogP contribution >= 0.6 is 0 Å². The highest BCUT2D eigenvalue weighted by atomic mass is 16.5. The van der Waals surface area contributed by atoms with Crippen molar-refractivity contribution in [1.29, 1.82) is 0 Å². The van der Waals surface area contributed by atoms with Gasteiger partial charge in [0.05, 0.1) is 19.8 Å². The first kappa shape index (κ1) is 121. The minimum Gasteiger partial charge on any atom is -0.445 e. The van der Waals surface area contributed by atoms with Gasteiger partial charge in [-0.25, -0.2) is 4.79 Å². The number of hydrogen-bond acceptors (Lipinski definition) is 15. The molecule has 1 amide bonds. The minimum atomic E-state index is -0.404. The molecule has 754 valence electrons. The number of aliphatic hydroxyl groups excluding tert-OH is 9. The lowest BCUT2D eigenvalue weighted by Crippen LogP contribution is -2.25. The lowest BCUT2D eigenvalue weighted by Gasteiger charge is -2.35. The van der Waals surface area contributed by atoms with Gasteiger partial charge in [0, 0.05) is 111 Å². The number of unbranched alkanes of at least 4 members (excludes halogenated alkanes) is 19. The van der Waals surface area contributed by atoms with E-state index in [0.29, 0.717) is 45.0 Å². The molecule has 0 fully saturated rings. The number of aliphatic hydroxyl groups is 9. The molecule has 10 N–H and O–H groups in total. The van der Waals surface area contributed by atoms with Gasteiger partial charge >= 0.3 is 6.09 Å². The van der Waals surface area contributed by atoms with E-state index >= 15 is 0 Å². The number of alkyl carbamates (subject to hydrolysis) is 1. The number of benzene rings is 6. The Morgan fingerprint density at radius 3 is 0.872 bits per heavy atom. The third-order valence-electron chi connectivity index (χ3n) is 28.7. The number of amides is 1. The van der Waals surface area contributed by atoms with Crippen LogP contribution in [0.15, 0.2) is 146 Å². The van der Waals surface area contributed by atoms with Crippen LogP contribution in [0, 0.1) is 39.4 Å². The zero-order chi connectivity index (χ0) is 93.8. The highest BCUT2D eigenvalue weighted by molar-refractivity contribution is 6.02.